The summed E-state index contributed by atoms with van der Waals surface area (Å²) in [4.78, 5) is 20.8. The molecule has 3 aromatic carbocycles. The number of H-pyrrole nitrogens is 1. The maximum absolute atomic E-state index is 12.6. The number of esters is 1. The number of hydrogen-bond donors (Lipinski definition) is 1. The first kappa shape index (κ1) is 28.4. The zero-order chi connectivity index (χ0) is 29.3. The first-order valence-electron chi connectivity index (χ1n) is 14.7. The number of allylic oxidation sites excluding steroid dienone is 1. The molecular formula is C35H38ClN3O3. The van der Waals surface area contributed by atoms with Crippen LogP contribution in [0, 0.1) is 5.41 Å². The van der Waals surface area contributed by atoms with Gasteiger partial charge in [-0.1, -0.05) is 49.2 Å². The molecule has 0 saturated carbocycles. The van der Waals surface area contributed by atoms with Crippen LogP contribution >= 0.6 is 11.6 Å². The lowest BCUT2D eigenvalue weighted by Gasteiger charge is -2.39. The van der Waals surface area contributed by atoms with E-state index in [1.54, 1.807) is 5.57 Å². The summed E-state index contributed by atoms with van der Waals surface area (Å²) in [6.07, 6.45) is 5.33. The van der Waals surface area contributed by atoms with Gasteiger partial charge < -0.3 is 19.4 Å². The number of halogens is 1. The minimum absolute atomic E-state index is 0.305. The van der Waals surface area contributed by atoms with Crippen LogP contribution in [0.2, 0.25) is 5.02 Å². The number of carbonyl (C=O) groups excluding carboxylic acids is 1. The summed E-state index contributed by atoms with van der Waals surface area (Å²) in [5.41, 5.74) is 7.09. The second-order valence-corrected chi connectivity index (χ2v) is 12.6. The van der Waals surface area contributed by atoms with Crippen LogP contribution in [0.5, 0.6) is 11.5 Å². The summed E-state index contributed by atoms with van der Waals surface area (Å²) in [7, 11) is 1.40. The molecule has 0 unspecified atom stereocenters. The van der Waals surface area contributed by atoms with E-state index in [4.69, 9.17) is 21.1 Å². The Bertz CT molecular complexity index is 1610. The highest BCUT2D eigenvalue weighted by molar-refractivity contribution is 6.30. The predicted molar refractivity (Wildman–Crippen MR) is 171 cm³/mol. The average molecular weight is 584 g/mol. The van der Waals surface area contributed by atoms with Crippen LogP contribution in [0.1, 0.15) is 49.0 Å². The molecule has 4 aromatic rings. The Morgan fingerprint density at radius 2 is 1.76 bits per heavy atom. The van der Waals surface area contributed by atoms with Gasteiger partial charge in [-0.15, -0.1) is 0 Å². The molecule has 0 radical (unpaired) electrons. The van der Waals surface area contributed by atoms with E-state index in [1.807, 2.05) is 60.8 Å². The number of nitrogens with zero attached hydrogens (tertiary/aromatic N) is 2. The van der Waals surface area contributed by atoms with Crippen LogP contribution in [0.25, 0.3) is 16.5 Å². The maximum atomic E-state index is 12.6. The van der Waals surface area contributed by atoms with Crippen molar-refractivity contribution in [3.63, 3.8) is 0 Å². The van der Waals surface area contributed by atoms with Gasteiger partial charge in [-0.2, -0.15) is 0 Å². The number of piperazine rings is 1. The number of rotatable bonds is 7. The lowest BCUT2D eigenvalue weighted by molar-refractivity contribution is 0.0598. The standard InChI is InChI=1S/C35H38ClN3O3/c1-35(2)15-13-25(30(22-35)24-7-9-26(36)10-8-24)23-38-17-19-39(20-18-38)27-11-12-29(34(40)41-3)33(21-27)42-32-6-4-5-31-28(32)14-16-37-31/h4-12,14,16,21,37H,13,15,17-20,22-23H2,1-3H3. The molecule has 218 valence electrons. The molecule has 1 N–H and O–H groups in total. The van der Waals surface area contributed by atoms with Gasteiger partial charge in [0.1, 0.15) is 17.1 Å². The third kappa shape index (κ3) is 6.06. The highest BCUT2D eigenvalue weighted by atomic mass is 35.5. The minimum atomic E-state index is -0.414. The third-order valence-electron chi connectivity index (χ3n) is 8.68. The summed E-state index contributed by atoms with van der Waals surface area (Å²) < 4.78 is 11.4. The molecule has 42 heavy (non-hydrogen) atoms. The first-order chi connectivity index (χ1) is 20.3. The molecule has 1 aliphatic carbocycles. The number of fused-ring (bicyclic) bond motifs is 1. The van der Waals surface area contributed by atoms with Gasteiger partial charge in [-0.05, 0) is 78.3 Å². The van der Waals surface area contributed by atoms with E-state index in [0.29, 0.717) is 22.5 Å². The van der Waals surface area contributed by atoms with Gasteiger partial charge in [-0.25, -0.2) is 4.79 Å². The van der Waals surface area contributed by atoms with E-state index < -0.39 is 5.97 Å². The molecular weight excluding hydrogens is 546 g/mol. The summed E-state index contributed by atoms with van der Waals surface area (Å²) in [5, 5.41) is 1.74. The molecule has 1 aromatic heterocycles. The molecule has 2 aliphatic rings. The molecule has 1 aliphatic heterocycles. The van der Waals surface area contributed by atoms with E-state index >= 15 is 0 Å². The fourth-order valence-corrected chi connectivity index (χ4v) is 6.36. The number of ether oxygens (including phenoxy) is 2. The Morgan fingerprint density at radius 1 is 0.976 bits per heavy atom. The molecule has 0 bridgehead atoms. The molecule has 1 saturated heterocycles. The van der Waals surface area contributed by atoms with Crippen LogP contribution in [-0.2, 0) is 4.74 Å². The number of benzene rings is 3. The van der Waals surface area contributed by atoms with E-state index in [1.165, 1.54) is 24.7 Å². The lowest BCUT2D eigenvalue weighted by atomic mass is 9.72. The normalized spacial score (nSPS) is 17.5. The number of methoxy groups -OCH3 is 1. The minimum Gasteiger partial charge on any atom is -0.465 e. The summed E-state index contributed by atoms with van der Waals surface area (Å²) >= 11 is 6.20. The number of anilines is 1. The molecule has 0 atom stereocenters. The van der Waals surface area contributed by atoms with Crippen molar-refractivity contribution >= 4 is 39.7 Å². The van der Waals surface area contributed by atoms with Gasteiger partial charge in [0, 0.05) is 66.6 Å². The molecule has 2 heterocycles. The van der Waals surface area contributed by atoms with Crippen LogP contribution in [-0.4, -0.2) is 55.7 Å². The molecule has 0 spiro atoms. The fourth-order valence-electron chi connectivity index (χ4n) is 6.23. The smallest absolute Gasteiger partial charge is 0.341 e. The van der Waals surface area contributed by atoms with Crippen molar-refractivity contribution in [1.82, 2.24) is 9.88 Å². The van der Waals surface area contributed by atoms with E-state index in [2.05, 4.69) is 40.8 Å². The zero-order valence-electron chi connectivity index (χ0n) is 24.6. The monoisotopic (exact) mass is 583 g/mol. The van der Waals surface area contributed by atoms with Gasteiger partial charge >= 0.3 is 5.97 Å². The first-order valence-corrected chi connectivity index (χ1v) is 15.1. The van der Waals surface area contributed by atoms with Crippen molar-refractivity contribution in [2.24, 2.45) is 5.41 Å². The van der Waals surface area contributed by atoms with Crippen molar-refractivity contribution in [2.45, 2.75) is 33.1 Å². The van der Waals surface area contributed by atoms with Crippen molar-refractivity contribution in [1.29, 1.82) is 0 Å². The van der Waals surface area contributed by atoms with E-state index in [-0.39, 0.29) is 0 Å². The Morgan fingerprint density at radius 3 is 2.52 bits per heavy atom. The molecule has 6 rings (SSSR count). The van der Waals surface area contributed by atoms with Crippen LogP contribution in [0.4, 0.5) is 5.69 Å². The van der Waals surface area contributed by atoms with Gasteiger partial charge in [-0.3, -0.25) is 4.90 Å². The van der Waals surface area contributed by atoms with Gasteiger partial charge in [0.15, 0.2) is 0 Å². The van der Waals surface area contributed by atoms with Gasteiger partial charge in [0.25, 0.3) is 0 Å². The van der Waals surface area contributed by atoms with Crippen LogP contribution in [0.15, 0.2) is 78.5 Å². The van der Waals surface area contributed by atoms with Crippen molar-refractivity contribution < 1.29 is 14.3 Å². The second-order valence-electron chi connectivity index (χ2n) is 12.2. The quantitative estimate of drug-likeness (QED) is 0.222. The molecule has 6 nitrogen and oxygen atoms in total. The topological polar surface area (TPSA) is 57.8 Å². The zero-order valence-corrected chi connectivity index (χ0v) is 25.3. The van der Waals surface area contributed by atoms with E-state index in [9.17, 15) is 4.79 Å². The van der Waals surface area contributed by atoms with Crippen molar-refractivity contribution in [2.75, 3.05) is 44.7 Å². The predicted octanol–water partition coefficient (Wildman–Crippen LogP) is 8.19. The van der Waals surface area contributed by atoms with Crippen molar-refractivity contribution in [3.8, 4) is 11.5 Å². The maximum Gasteiger partial charge on any atom is 0.341 e. The molecule has 0 amide bonds. The SMILES string of the molecule is COC(=O)c1ccc(N2CCN(CC3=C(c4ccc(Cl)cc4)CC(C)(C)CC3)CC2)cc1Oc1cccc2[nH]ccc12. The lowest BCUT2D eigenvalue weighted by Crippen LogP contribution is -2.47. The Labute approximate surface area is 252 Å². The number of hydrogen-bond acceptors (Lipinski definition) is 5. The highest BCUT2D eigenvalue weighted by Gasteiger charge is 2.29. The largest absolute Gasteiger partial charge is 0.465 e. The Balaban J connectivity index is 1.19. The summed E-state index contributed by atoms with van der Waals surface area (Å²) in [6, 6.07) is 22.0. The van der Waals surface area contributed by atoms with Gasteiger partial charge in [0.05, 0.1) is 7.11 Å². The number of nitrogens with one attached hydrogen (secondary N) is 1. The second kappa shape index (κ2) is 11.9. The average Bonchev–Trinajstić information content (AvgIpc) is 3.49. The Kier molecular flexibility index (Phi) is 8.02. The Hall–Kier alpha value is -3.74. The summed E-state index contributed by atoms with van der Waals surface area (Å²) in [5.74, 6) is 0.780. The third-order valence-corrected chi connectivity index (χ3v) is 8.93. The molecule has 7 heteroatoms. The van der Waals surface area contributed by atoms with Crippen molar-refractivity contribution in [3.05, 3.63) is 94.6 Å². The fraction of sp³-hybridized carbons (Fsp3) is 0.343. The highest BCUT2D eigenvalue weighted by Crippen LogP contribution is 2.43. The number of aromatic amines is 1. The van der Waals surface area contributed by atoms with Gasteiger partial charge in [0.2, 0.25) is 0 Å². The van der Waals surface area contributed by atoms with E-state index in [0.717, 1.165) is 67.2 Å². The summed E-state index contributed by atoms with van der Waals surface area (Å²) in [6.45, 7) is 9.50. The molecule has 1 fully saturated rings. The number of aromatic nitrogens is 1. The van der Waals surface area contributed by atoms with Crippen LogP contribution < -0.4 is 9.64 Å². The number of carbonyl (C=O) groups is 1. The van der Waals surface area contributed by atoms with Crippen LogP contribution in [0.3, 0.4) is 0 Å².